The van der Waals surface area contributed by atoms with Gasteiger partial charge in [-0.25, -0.2) is 13.4 Å². The maximum Gasteiger partial charge on any atom is 0.263 e. The summed E-state index contributed by atoms with van der Waals surface area (Å²) in [5.41, 5.74) is 2.24. The zero-order valence-corrected chi connectivity index (χ0v) is 21.5. The van der Waals surface area contributed by atoms with Crippen molar-refractivity contribution in [3.63, 3.8) is 0 Å². The lowest BCUT2D eigenvalue weighted by Crippen LogP contribution is -2.53. The van der Waals surface area contributed by atoms with Gasteiger partial charge in [0.25, 0.3) is 10.0 Å². The minimum Gasteiger partial charge on any atom is -0.335 e. The van der Waals surface area contributed by atoms with Gasteiger partial charge in [0.05, 0.1) is 4.90 Å². The number of nitrogens with zero attached hydrogens (tertiary/aromatic N) is 4. The second kappa shape index (κ2) is 9.79. The zero-order valence-electron chi connectivity index (χ0n) is 19.9. The number of carbonyl (C=O) groups excluding carboxylic acids is 2. The zero-order chi connectivity index (χ0) is 26.2. The second-order valence-electron chi connectivity index (χ2n) is 8.60. The minimum absolute atomic E-state index is 0.0632. The van der Waals surface area contributed by atoms with Crippen molar-refractivity contribution in [3.8, 4) is 0 Å². The Hall–Kier alpha value is -4.03. The minimum atomic E-state index is -3.79. The van der Waals surface area contributed by atoms with Crippen LogP contribution in [0.4, 0.5) is 10.8 Å². The van der Waals surface area contributed by atoms with Crippen LogP contribution in [0.2, 0.25) is 0 Å². The number of anilines is 2. The van der Waals surface area contributed by atoms with Gasteiger partial charge >= 0.3 is 0 Å². The van der Waals surface area contributed by atoms with Crippen LogP contribution < -0.4 is 9.62 Å². The Morgan fingerprint density at radius 1 is 1.16 bits per heavy atom. The molecule has 5 rings (SSSR count). The first-order valence-corrected chi connectivity index (χ1v) is 13.9. The largest absolute Gasteiger partial charge is 0.335 e. The summed E-state index contributed by atoms with van der Waals surface area (Å²) < 4.78 is 29.4. The van der Waals surface area contributed by atoms with Crippen LogP contribution >= 0.6 is 11.3 Å². The molecule has 1 unspecified atom stereocenters. The van der Waals surface area contributed by atoms with Gasteiger partial charge < -0.3 is 19.8 Å². The van der Waals surface area contributed by atoms with E-state index in [1.54, 1.807) is 27.3 Å². The molecular weight excluding hydrogens is 512 g/mol. The predicted octanol–water partition coefficient (Wildman–Crippen LogP) is 3.33. The van der Waals surface area contributed by atoms with Crippen molar-refractivity contribution in [2.45, 2.75) is 17.9 Å². The molecule has 2 amide bonds. The average molecular weight is 537 g/mol. The van der Waals surface area contributed by atoms with E-state index in [4.69, 9.17) is 5.41 Å². The smallest absolute Gasteiger partial charge is 0.263 e. The highest BCUT2D eigenvalue weighted by atomic mass is 32.2. The van der Waals surface area contributed by atoms with Crippen LogP contribution in [0, 0.1) is 5.41 Å². The van der Waals surface area contributed by atoms with E-state index in [0.717, 1.165) is 16.5 Å². The number of sulfonamides is 1. The van der Waals surface area contributed by atoms with Gasteiger partial charge in [0.1, 0.15) is 12.6 Å². The molecule has 0 radical (unpaired) electrons. The lowest BCUT2D eigenvalue weighted by atomic mass is 10.1. The van der Waals surface area contributed by atoms with Gasteiger partial charge in [-0.1, -0.05) is 6.07 Å². The van der Waals surface area contributed by atoms with E-state index >= 15 is 0 Å². The van der Waals surface area contributed by atoms with Gasteiger partial charge in [-0.05, 0) is 55.0 Å². The standard InChI is InChI=1S/C25H24N6O4S2/c1-17(30-10-8-19-14-18(15-26)2-7-22(19)30)24(33)29-11-12-31(23(32)16-29)20-3-5-21(6-4-20)37(34,35)28-25-27-9-13-36-25/h2-10,13-15,17,26H,11-12,16H2,1H3,(H,27,28). The number of carbonyl (C=O) groups is 2. The molecule has 2 N–H and O–H groups in total. The van der Waals surface area contributed by atoms with Crippen molar-refractivity contribution in [1.29, 1.82) is 5.41 Å². The molecule has 37 heavy (non-hydrogen) atoms. The van der Waals surface area contributed by atoms with Crippen LogP contribution in [0.5, 0.6) is 0 Å². The molecule has 0 spiro atoms. The molecule has 3 heterocycles. The third-order valence-corrected chi connectivity index (χ3v) is 8.50. The van der Waals surface area contributed by atoms with Crippen LogP contribution in [0.15, 0.2) is 71.2 Å². The number of benzene rings is 2. The Morgan fingerprint density at radius 2 is 1.95 bits per heavy atom. The van der Waals surface area contributed by atoms with Crippen molar-refractivity contribution in [1.82, 2.24) is 14.5 Å². The van der Waals surface area contributed by atoms with Gasteiger partial charge in [0, 0.05) is 53.7 Å². The fourth-order valence-corrected chi connectivity index (χ4v) is 6.17. The maximum absolute atomic E-state index is 13.3. The number of amides is 2. The van der Waals surface area contributed by atoms with Crippen molar-refractivity contribution in [3.05, 3.63) is 71.9 Å². The topological polar surface area (TPSA) is 128 Å². The molecular formula is C25H24N6O4S2. The third kappa shape index (κ3) is 4.85. The first-order chi connectivity index (χ1) is 17.8. The van der Waals surface area contributed by atoms with Crippen LogP contribution in [-0.4, -0.2) is 60.5 Å². The molecule has 4 aromatic rings. The number of thiazole rings is 1. The molecule has 2 aromatic heterocycles. The van der Waals surface area contributed by atoms with Crippen LogP contribution in [0.1, 0.15) is 18.5 Å². The molecule has 1 atom stereocenters. The Kier molecular flexibility index (Phi) is 6.52. The molecule has 10 nitrogen and oxygen atoms in total. The first-order valence-electron chi connectivity index (χ1n) is 11.5. The molecule has 190 valence electrons. The lowest BCUT2D eigenvalue weighted by Gasteiger charge is -2.35. The van der Waals surface area contributed by atoms with Gasteiger partial charge in [-0.3, -0.25) is 14.3 Å². The lowest BCUT2D eigenvalue weighted by molar-refractivity contribution is -0.139. The summed E-state index contributed by atoms with van der Waals surface area (Å²) in [6.45, 7) is 2.40. The van der Waals surface area contributed by atoms with Gasteiger partial charge in [0.15, 0.2) is 5.13 Å². The number of hydrogen-bond donors (Lipinski definition) is 2. The van der Waals surface area contributed by atoms with Gasteiger partial charge in [0.2, 0.25) is 11.8 Å². The van der Waals surface area contributed by atoms with Gasteiger partial charge in [-0.15, -0.1) is 11.3 Å². The monoisotopic (exact) mass is 536 g/mol. The number of hydrogen-bond acceptors (Lipinski definition) is 7. The van der Waals surface area contributed by atoms with E-state index in [9.17, 15) is 18.0 Å². The van der Waals surface area contributed by atoms with Crippen molar-refractivity contribution >= 4 is 61.1 Å². The first kappa shape index (κ1) is 24.7. The highest BCUT2D eigenvalue weighted by Crippen LogP contribution is 2.25. The summed E-state index contributed by atoms with van der Waals surface area (Å²) in [4.78, 5) is 33.3. The van der Waals surface area contributed by atoms with E-state index in [-0.39, 0.29) is 28.4 Å². The summed E-state index contributed by atoms with van der Waals surface area (Å²) in [7, 11) is -3.79. The SMILES string of the molecule is CC(C(=O)N1CCN(c2ccc(S(=O)(=O)Nc3nccs3)cc2)C(=O)C1)n1ccc2cc(C=N)ccc21. The highest BCUT2D eigenvalue weighted by Gasteiger charge is 2.31. The second-order valence-corrected chi connectivity index (χ2v) is 11.2. The van der Waals surface area contributed by atoms with Crippen molar-refractivity contribution in [2.75, 3.05) is 29.3 Å². The average Bonchev–Trinajstić information content (AvgIpc) is 3.57. The van der Waals surface area contributed by atoms with Crippen LogP contribution in [0.25, 0.3) is 10.9 Å². The summed E-state index contributed by atoms with van der Waals surface area (Å²) >= 11 is 1.18. The number of fused-ring (bicyclic) bond motifs is 1. The summed E-state index contributed by atoms with van der Waals surface area (Å²) in [5.74, 6) is -0.396. The van der Waals surface area contributed by atoms with Crippen molar-refractivity contribution < 1.29 is 18.0 Å². The van der Waals surface area contributed by atoms with E-state index in [1.165, 1.54) is 35.9 Å². The van der Waals surface area contributed by atoms with Crippen LogP contribution in [-0.2, 0) is 19.6 Å². The molecule has 0 bridgehead atoms. The fraction of sp³-hybridized carbons (Fsp3) is 0.200. The predicted molar refractivity (Wildman–Crippen MR) is 143 cm³/mol. The van der Waals surface area contributed by atoms with E-state index < -0.39 is 16.1 Å². The van der Waals surface area contributed by atoms with E-state index in [1.807, 2.05) is 42.0 Å². The normalized spacial score (nSPS) is 15.1. The molecule has 12 heteroatoms. The maximum atomic E-state index is 13.3. The summed E-state index contributed by atoms with van der Waals surface area (Å²) in [6, 6.07) is 13.1. The number of nitrogens with one attached hydrogen (secondary N) is 2. The van der Waals surface area contributed by atoms with Crippen molar-refractivity contribution in [2.24, 2.45) is 0 Å². The Morgan fingerprint density at radius 3 is 2.62 bits per heavy atom. The molecule has 1 aliphatic rings. The molecule has 1 saturated heterocycles. The Bertz CT molecular complexity index is 1580. The summed E-state index contributed by atoms with van der Waals surface area (Å²) in [5, 5.41) is 10.3. The molecule has 2 aromatic carbocycles. The van der Waals surface area contributed by atoms with Gasteiger partial charge in [-0.2, -0.15) is 0 Å². The molecule has 0 aliphatic carbocycles. The molecule has 1 fully saturated rings. The quantitative estimate of drug-likeness (QED) is 0.350. The molecule has 1 aliphatic heterocycles. The highest BCUT2D eigenvalue weighted by molar-refractivity contribution is 7.93. The number of aromatic nitrogens is 2. The number of piperazine rings is 1. The summed E-state index contributed by atoms with van der Waals surface area (Å²) in [6.07, 6.45) is 4.64. The molecule has 0 saturated carbocycles. The van der Waals surface area contributed by atoms with E-state index in [2.05, 4.69) is 9.71 Å². The fourth-order valence-electron chi connectivity index (χ4n) is 4.38. The van der Waals surface area contributed by atoms with Crippen LogP contribution in [0.3, 0.4) is 0 Å². The number of rotatable bonds is 7. The third-order valence-electron chi connectivity index (χ3n) is 6.33. The Labute approximate surface area is 217 Å². The Balaban J connectivity index is 1.26. The van der Waals surface area contributed by atoms with E-state index in [0.29, 0.717) is 18.8 Å².